The molecule has 2 N–H and O–H groups in total. The molecule has 1 aliphatic carbocycles. The van der Waals surface area contributed by atoms with Crippen LogP contribution in [0, 0.1) is 5.82 Å². The van der Waals surface area contributed by atoms with Gasteiger partial charge in [0.25, 0.3) is 0 Å². The second kappa shape index (κ2) is 7.89. The van der Waals surface area contributed by atoms with Gasteiger partial charge in [-0.25, -0.2) is 4.39 Å². The third-order valence-corrected chi connectivity index (χ3v) is 5.17. The van der Waals surface area contributed by atoms with Crippen molar-refractivity contribution in [1.29, 1.82) is 0 Å². The Morgan fingerprint density at radius 3 is 2.50 bits per heavy atom. The third-order valence-electron chi connectivity index (χ3n) is 5.17. The summed E-state index contributed by atoms with van der Waals surface area (Å²) >= 11 is 0. The number of halogens is 1. The molecule has 2 aromatic rings. The predicted octanol–water partition coefficient (Wildman–Crippen LogP) is 3.34. The zero-order valence-corrected chi connectivity index (χ0v) is 15.7. The van der Waals surface area contributed by atoms with E-state index >= 15 is 0 Å². The van der Waals surface area contributed by atoms with E-state index in [9.17, 15) is 4.39 Å². The molecule has 1 aromatic heterocycles. The zero-order chi connectivity index (χ0) is 18.6. The third kappa shape index (κ3) is 3.89. The van der Waals surface area contributed by atoms with Crippen LogP contribution in [0.3, 0.4) is 0 Å². The number of aryl methyl sites for hydroxylation is 2. The Morgan fingerprint density at radius 1 is 1.19 bits per heavy atom. The maximum Gasteiger partial charge on any atom is 0.191 e. The van der Waals surface area contributed by atoms with E-state index in [1.807, 2.05) is 12.1 Å². The van der Waals surface area contributed by atoms with Gasteiger partial charge in [0, 0.05) is 37.5 Å². The zero-order valence-electron chi connectivity index (χ0n) is 15.7. The van der Waals surface area contributed by atoms with Crippen LogP contribution in [0.4, 0.5) is 4.39 Å². The van der Waals surface area contributed by atoms with Gasteiger partial charge in [0.15, 0.2) is 5.96 Å². The van der Waals surface area contributed by atoms with Gasteiger partial charge < -0.3 is 15.2 Å². The summed E-state index contributed by atoms with van der Waals surface area (Å²) in [6.45, 7) is 5.56. The van der Waals surface area contributed by atoms with Crippen LogP contribution in [-0.4, -0.2) is 24.7 Å². The second-order valence-corrected chi connectivity index (χ2v) is 6.80. The maximum atomic E-state index is 13.2. The Morgan fingerprint density at radius 2 is 1.92 bits per heavy atom. The normalized spacial score (nSPS) is 15.8. The molecule has 0 radical (unpaired) electrons. The summed E-state index contributed by atoms with van der Waals surface area (Å²) in [6.07, 6.45) is 3.88. The number of nitrogens with one attached hydrogen (secondary N) is 2. The topological polar surface area (TPSA) is 62.5 Å². The summed E-state index contributed by atoms with van der Waals surface area (Å²) in [4.78, 5) is 4.32. The summed E-state index contributed by atoms with van der Waals surface area (Å²) in [5.41, 5.74) is 3.39. The van der Waals surface area contributed by atoms with E-state index in [4.69, 9.17) is 4.52 Å². The first-order chi connectivity index (χ1) is 12.6. The highest BCUT2D eigenvalue weighted by atomic mass is 19.1. The number of aromatic nitrogens is 1. The smallest absolute Gasteiger partial charge is 0.191 e. The number of hydrogen-bond donors (Lipinski definition) is 2. The van der Waals surface area contributed by atoms with Crippen molar-refractivity contribution in [3.8, 4) is 0 Å². The van der Waals surface area contributed by atoms with Crippen molar-refractivity contribution in [3.63, 3.8) is 0 Å². The van der Waals surface area contributed by atoms with Crippen molar-refractivity contribution in [3.05, 3.63) is 52.7 Å². The Labute approximate surface area is 154 Å². The van der Waals surface area contributed by atoms with Gasteiger partial charge in [-0.05, 0) is 37.0 Å². The second-order valence-electron chi connectivity index (χ2n) is 6.80. The van der Waals surface area contributed by atoms with Crippen LogP contribution in [0.5, 0.6) is 0 Å². The fraction of sp³-hybridized carbons (Fsp3) is 0.500. The van der Waals surface area contributed by atoms with Crippen LogP contribution in [0.25, 0.3) is 0 Å². The van der Waals surface area contributed by atoms with E-state index < -0.39 is 0 Å². The van der Waals surface area contributed by atoms with Gasteiger partial charge in [0.1, 0.15) is 11.6 Å². The Hall–Kier alpha value is -2.37. The van der Waals surface area contributed by atoms with E-state index in [-0.39, 0.29) is 11.2 Å². The van der Waals surface area contributed by atoms with Crippen LogP contribution in [0.15, 0.2) is 33.8 Å². The van der Waals surface area contributed by atoms with E-state index in [0.29, 0.717) is 6.54 Å². The Balaban J connectivity index is 1.59. The van der Waals surface area contributed by atoms with Crippen LogP contribution in [0.1, 0.15) is 49.3 Å². The molecule has 1 aromatic carbocycles. The summed E-state index contributed by atoms with van der Waals surface area (Å²) in [5, 5.41) is 10.9. The van der Waals surface area contributed by atoms with Crippen LogP contribution >= 0.6 is 0 Å². The van der Waals surface area contributed by atoms with Crippen molar-refractivity contribution in [1.82, 2.24) is 15.8 Å². The molecule has 1 saturated carbocycles. The maximum absolute atomic E-state index is 13.2. The minimum atomic E-state index is -0.192. The lowest BCUT2D eigenvalue weighted by Gasteiger charge is -2.19. The van der Waals surface area contributed by atoms with Gasteiger partial charge in [-0.3, -0.25) is 4.99 Å². The monoisotopic (exact) mass is 358 g/mol. The van der Waals surface area contributed by atoms with Crippen molar-refractivity contribution < 1.29 is 8.91 Å². The number of benzene rings is 1. The van der Waals surface area contributed by atoms with Gasteiger partial charge in [-0.15, -0.1) is 0 Å². The highest BCUT2D eigenvalue weighted by molar-refractivity contribution is 5.79. The number of hydrogen-bond acceptors (Lipinski definition) is 3. The van der Waals surface area contributed by atoms with Crippen LogP contribution < -0.4 is 10.6 Å². The average molecular weight is 358 g/mol. The molecule has 0 atom stereocenters. The number of rotatable bonds is 7. The van der Waals surface area contributed by atoms with Crippen LogP contribution in [0.2, 0.25) is 0 Å². The van der Waals surface area contributed by atoms with E-state index in [1.165, 1.54) is 17.7 Å². The molecule has 0 spiro atoms. The van der Waals surface area contributed by atoms with Crippen molar-refractivity contribution in [2.24, 2.45) is 4.99 Å². The molecular formula is C20H27FN4O. The summed E-state index contributed by atoms with van der Waals surface area (Å²) in [7, 11) is 1.77. The lowest BCUT2D eigenvalue weighted by molar-refractivity contribution is 0.380. The first kappa shape index (κ1) is 18.4. The molecule has 1 fully saturated rings. The molecular weight excluding hydrogens is 331 g/mol. The molecule has 1 aliphatic rings. The largest absolute Gasteiger partial charge is 0.361 e. The van der Waals surface area contributed by atoms with Gasteiger partial charge >= 0.3 is 0 Å². The molecule has 5 nitrogen and oxygen atoms in total. The fourth-order valence-electron chi connectivity index (χ4n) is 3.31. The summed E-state index contributed by atoms with van der Waals surface area (Å²) < 4.78 is 18.6. The number of nitrogens with zero attached hydrogens (tertiary/aromatic N) is 2. The quantitative estimate of drug-likeness (QED) is 0.589. The van der Waals surface area contributed by atoms with E-state index in [2.05, 4.69) is 34.6 Å². The standard InChI is InChI=1S/C20H27FN4O/c1-4-17-16(18(5-2)26-25-17)12-23-19(22-3)24-13-20(10-11-20)14-6-8-15(21)9-7-14/h6-9H,4-5,10-13H2,1-3H3,(H2,22,23,24). The lowest BCUT2D eigenvalue weighted by Crippen LogP contribution is -2.41. The van der Waals surface area contributed by atoms with Crippen molar-refractivity contribution >= 4 is 5.96 Å². The first-order valence-corrected chi connectivity index (χ1v) is 9.28. The van der Waals surface area contributed by atoms with Crippen molar-refractivity contribution in [2.45, 2.75) is 51.5 Å². The average Bonchev–Trinajstić information content (AvgIpc) is 3.35. The molecule has 140 valence electrons. The summed E-state index contributed by atoms with van der Waals surface area (Å²) in [5.74, 6) is 1.49. The lowest BCUT2D eigenvalue weighted by atomic mass is 9.96. The highest BCUT2D eigenvalue weighted by Gasteiger charge is 2.44. The molecule has 3 rings (SSSR count). The molecule has 26 heavy (non-hydrogen) atoms. The van der Waals surface area contributed by atoms with Gasteiger partial charge in [0.05, 0.1) is 5.69 Å². The van der Waals surface area contributed by atoms with E-state index in [1.54, 1.807) is 7.05 Å². The Bertz CT molecular complexity index is 741. The molecule has 6 heteroatoms. The minimum absolute atomic E-state index is 0.0890. The van der Waals surface area contributed by atoms with Gasteiger partial charge in [-0.1, -0.05) is 31.1 Å². The predicted molar refractivity (Wildman–Crippen MR) is 101 cm³/mol. The molecule has 0 saturated heterocycles. The van der Waals surface area contributed by atoms with Crippen LogP contribution in [-0.2, 0) is 24.8 Å². The molecule has 0 amide bonds. The highest BCUT2D eigenvalue weighted by Crippen LogP contribution is 2.47. The fourth-order valence-corrected chi connectivity index (χ4v) is 3.31. The van der Waals surface area contributed by atoms with Gasteiger partial charge in [0.2, 0.25) is 0 Å². The SMILES string of the molecule is CCc1noc(CC)c1CNC(=NC)NCC1(c2ccc(F)cc2)CC1. The molecule has 0 aliphatic heterocycles. The summed E-state index contributed by atoms with van der Waals surface area (Å²) in [6, 6.07) is 6.84. The molecule has 0 unspecified atom stereocenters. The Kier molecular flexibility index (Phi) is 5.59. The minimum Gasteiger partial charge on any atom is -0.361 e. The first-order valence-electron chi connectivity index (χ1n) is 9.28. The molecule has 0 bridgehead atoms. The number of guanidine groups is 1. The molecule has 1 heterocycles. The van der Waals surface area contributed by atoms with E-state index in [0.717, 1.165) is 55.2 Å². The number of aliphatic imine (C=N–C) groups is 1. The van der Waals surface area contributed by atoms with Crippen molar-refractivity contribution in [2.75, 3.05) is 13.6 Å². The van der Waals surface area contributed by atoms with Gasteiger partial charge in [-0.2, -0.15) is 0 Å².